The summed E-state index contributed by atoms with van der Waals surface area (Å²) >= 11 is 0. The number of ether oxygens (including phenoxy) is 2. The number of hydrogen-bond donors (Lipinski definition) is 0. The van der Waals surface area contributed by atoms with Crippen molar-refractivity contribution in [2.45, 2.75) is 19.3 Å². The number of likely N-dealkylation sites (tertiary alicyclic amines) is 1. The van der Waals surface area contributed by atoms with E-state index >= 15 is 0 Å². The van der Waals surface area contributed by atoms with Crippen LogP contribution in [-0.2, 0) is 14.3 Å². The van der Waals surface area contributed by atoms with Gasteiger partial charge in [-0.2, -0.15) is 5.10 Å². The van der Waals surface area contributed by atoms with Crippen LogP contribution in [0.2, 0.25) is 0 Å². The highest BCUT2D eigenvalue weighted by Gasteiger charge is 2.17. The molecule has 0 saturated carbocycles. The topological polar surface area (TPSA) is 73.7 Å². The lowest BCUT2D eigenvalue weighted by Gasteiger charge is -2.26. The molecule has 170 valence electrons. The molecule has 3 aromatic rings. The van der Waals surface area contributed by atoms with Crippen molar-refractivity contribution in [1.82, 2.24) is 14.7 Å². The Morgan fingerprint density at radius 1 is 1.00 bits per heavy atom. The summed E-state index contributed by atoms with van der Waals surface area (Å²) in [6.45, 7) is 1.23. The van der Waals surface area contributed by atoms with Crippen LogP contribution in [0.5, 0.6) is 5.75 Å². The molecule has 1 amide bonds. The number of hydrogen-bond acceptors (Lipinski definition) is 5. The van der Waals surface area contributed by atoms with E-state index < -0.39 is 5.97 Å². The lowest BCUT2D eigenvalue weighted by atomic mass is 10.1. The van der Waals surface area contributed by atoms with Gasteiger partial charge in [0.2, 0.25) is 0 Å². The zero-order valence-electron chi connectivity index (χ0n) is 18.6. The summed E-state index contributed by atoms with van der Waals surface area (Å²) < 4.78 is 12.2. The Morgan fingerprint density at radius 2 is 1.73 bits per heavy atom. The fourth-order valence-electron chi connectivity index (χ4n) is 3.77. The number of carbonyl (C=O) groups excluding carboxylic acids is 2. The molecule has 0 bridgehead atoms. The Labute approximate surface area is 193 Å². The van der Waals surface area contributed by atoms with Crippen molar-refractivity contribution in [1.29, 1.82) is 0 Å². The van der Waals surface area contributed by atoms with Crippen LogP contribution in [0, 0.1) is 0 Å². The van der Waals surface area contributed by atoms with E-state index in [1.807, 2.05) is 60.8 Å². The number of amides is 1. The van der Waals surface area contributed by atoms with Crippen LogP contribution in [0.4, 0.5) is 0 Å². The Bertz CT molecular complexity index is 1110. The van der Waals surface area contributed by atoms with Crippen molar-refractivity contribution >= 4 is 18.0 Å². The molecule has 7 nitrogen and oxygen atoms in total. The van der Waals surface area contributed by atoms with Gasteiger partial charge in [0.1, 0.15) is 5.75 Å². The Hall–Kier alpha value is -3.87. The minimum absolute atomic E-state index is 0.146. The van der Waals surface area contributed by atoms with Crippen LogP contribution in [0.25, 0.3) is 23.0 Å². The number of para-hydroxylation sites is 1. The first-order valence-electron chi connectivity index (χ1n) is 11.1. The monoisotopic (exact) mass is 445 g/mol. The summed E-state index contributed by atoms with van der Waals surface area (Å²) in [5, 5.41) is 4.73. The number of rotatable bonds is 7. The fourth-order valence-corrected chi connectivity index (χ4v) is 3.77. The van der Waals surface area contributed by atoms with E-state index in [2.05, 4.69) is 0 Å². The minimum Gasteiger partial charge on any atom is -0.497 e. The number of piperidine rings is 1. The maximum absolute atomic E-state index is 12.3. The van der Waals surface area contributed by atoms with E-state index in [1.54, 1.807) is 22.8 Å². The summed E-state index contributed by atoms with van der Waals surface area (Å²) in [5.74, 6) is 0.0426. The summed E-state index contributed by atoms with van der Waals surface area (Å²) in [6.07, 6.45) is 8.00. The smallest absolute Gasteiger partial charge is 0.331 e. The van der Waals surface area contributed by atoms with Crippen LogP contribution in [0.3, 0.4) is 0 Å². The zero-order chi connectivity index (χ0) is 23.0. The number of nitrogens with zero attached hydrogens (tertiary/aromatic N) is 3. The summed E-state index contributed by atoms with van der Waals surface area (Å²) in [4.78, 5) is 26.3. The van der Waals surface area contributed by atoms with Gasteiger partial charge in [0.15, 0.2) is 6.61 Å². The van der Waals surface area contributed by atoms with Gasteiger partial charge in [-0.1, -0.05) is 18.2 Å². The summed E-state index contributed by atoms with van der Waals surface area (Å²) in [5.41, 5.74) is 3.26. The molecule has 0 aliphatic carbocycles. The molecule has 2 heterocycles. The van der Waals surface area contributed by atoms with Gasteiger partial charge < -0.3 is 14.4 Å². The van der Waals surface area contributed by atoms with Gasteiger partial charge >= 0.3 is 5.97 Å². The van der Waals surface area contributed by atoms with E-state index in [-0.39, 0.29) is 12.5 Å². The van der Waals surface area contributed by atoms with Crippen molar-refractivity contribution in [3.63, 3.8) is 0 Å². The van der Waals surface area contributed by atoms with Crippen molar-refractivity contribution in [2.75, 3.05) is 26.8 Å². The molecule has 33 heavy (non-hydrogen) atoms. The summed E-state index contributed by atoms with van der Waals surface area (Å²) in [6, 6.07) is 17.3. The van der Waals surface area contributed by atoms with Gasteiger partial charge in [0.25, 0.3) is 5.91 Å². The molecule has 0 N–H and O–H groups in total. The highest BCUT2D eigenvalue weighted by molar-refractivity contribution is 5.90. The van der Waals surface area contributed by atoms with E-state index in [1.165, 1.54) is 6.08 Å². The molecular formula is C26H27N3O4. The molecule has 1 aliphatic rings. The maximum atomic E-state index is 12.3. The maximum Gasteiger partial charge on any atom is 0.331 e. The normalized spacial score (nSPS) is 13.8. The van der Waals surface area contributed by atoms with Gasteiger partial charge in [-0.15, -0.1) is 0 Å². The number of benzene rings is 2. The molecule has 2 aromatic carbocycles. The van der Waals surface area contributed by atoms with E-state index in [0.717, 1.165) is 60.6 Å². The molecule has 1 aromatic heterocycles. The highest BCUT2D eigenvalue weighted by Crippen LogP contribution is 2.26. The average Bonchev–Trinajstić information content (AvgIpc) is 3.31. The summed E-state index contributed by atoms with van der Waals surface area (Å²) in [7, 11) is 1.62. The number of carbonyl (C=O) groups is 2. The second-order valence-corrected chi connectivity index (χ2v) is 7.82. The molecule has 1 fully saturated rings. The Balaban J connectivity index is 1.51. The van der Waals surface area contributed by atoms with Gasteiger partial charge in [-0.25, -0.2) is 9.48 Å². The first kappa shape index (κ1) is 22.3. The molecule has 4 rings (SSSR count). The number of aromatic nitrogens is 2. The standard InChI is InChI=1S/C26H27N3O4/c1-32-23-13-10-20(11-14-23)26-21(18-29(27-26)22-8-4-2-5-9-22)12-15-25(31)33-19-24(30)28-16-6-3-7-17-28/h2,4-5,8-15,18H,3,6-7,16-17,19H2,1H3/b15-12+. The van der Waals surface area contributed by atoms with Crippen LogP contribution in [-0.4, -0.2) is 53.4 Å². The second-order valence-electron chi connectivity index (χ2n) is 7.82. The quantitative estimate of drug-likeness (QED) is 0.404. The lowest BCUT2D eigenvalue weighted by molar-refractivity contribution is -0.148. The highest BCUT2D eigenvalue weighted by atomic mass is 16.5. The third-order valence-corrected chi connectivity index (χ3v) is 5.57. The van der Waals surface area contributed by atoms with Gasteiger partial charge in [-0.3, -0.25) is 4.79 Å². The minimum atomic E-state index is -0.562. The molecule has 0 atom stereocenters. The van der Waals surface area contributed by atoms with Crippen molar-refractivity contribution in [2.24, 2.45) is 0 Å². The predicted molar refractivity (Wildman–Crippen MR) is 126 cm³/mol. The number of methoxy groups -OCH3 is 1. The second kappa shape index (κ2) is 10.6. The van der Waals surface area contributed by atoms with Crippen molar-refractivity contribution in [3.8, 4) is 22.7 Å². The molecule has 1 aliphatic heterocycles. The molecule has 0 spiro atoms. The first-order valence-corrected chi connectivity index (χ1v) is 11.1. The molecule has 0 radical (unpaired) electrons. The van der Waals surface area contributed by atoms with E-state index in [9.17, 15) is 9.59 Å². The largest absolute Gasteiger partial charge is 0.497 e. The molecule has 7 heteroatoms. The average molecular weight is 446 g/mol. The van der Waals surface area contributed by atoms with Crippen LogP contribution < -0.4 is 4.74 Å². The van der Waals surface area contributed by atoms with E-state index in [0.29, 0.717) is 0 Å². The third kappa shape index (κ3) is 5.68. The zero-order valence-corrected chi connectivity index (χ0v) is 18.6. The van der Waals surface area contributed by atoms with Crippen LogP contribution in [0.1, 0.15) is 24.8 Å². The number of esters is 1. The molecular weight excluding hydrogens is 418 g/mol. The lowest BCUT2D eigenvalue weighted by Crippen LogP contribution is -2.38. The van der Waals surface area contributed by atoms with Gasteiger partial charge in [0.05, 0.1) is 18.5 Å². The van der Waals surface area contributed by atoms with Crippen molar-refractivity contribution in [3.05, 3.63) is 72.4 Å². The van der Waals surface area contributed by atoms with Gasteiger partial charge in [-0.05, 0) is 61.7 Å². The first-order chi connectivity index (χ1) is 16.1. The third-order valence-electron chi connectivity index (χ3n) is 5.57. The Morgan fingerprint density at radius 3 is 2.42 bits per heavy atom. The van der Waals surface area contributed by atoms with Gasteiger partial charge in [0, 0.05) is 36.5 Å². The SMILES string of the molecule is COc1ccc(-c2nn(-c3ccccc3)cc2/C=C/C(=O)OCC(=O)N2CCCCC2)cc1. The fraction of sp³-hybridized carbons (Fsp3) is 0.269. The van der Waals surface area contributed by atoms with Crippen LogP contribution >= 0.6 is 0 Å². The van der Waals surface area contributed by atoms with Crippen molar-refractivity contribution < 1.29 is 19.1 Å². The predicted octanol–water partition coefficient (Wildman–Crippen LogP) is 4.12. The van der Waals surface area contributed by atoms with E-state index in [4.69, 9.17) is 14.6 Å². The molecule has 1 saturated heterocycles. The molecule has 0 unspecified atom stereocenters. The Kier molecular flexibility index (Phi) is 7.19. The van der Waals surface area contributed by atoms with Crippen LogP contribution in [0.15, 0.2) is 66.9 Å².